The molecule has 3 rings (SSSR count). The molecule has 1 aromatic rings. The van der Waals surface area contributed by atoms with Crippen LogP contribution < -0.4 is 10.2 Å². The van der Waals surface area contributed by atoms with Crippen LogP contribution in [0.3, 0.4) is 0 Å². The molecule has 7 heteroatoms. The lowest BCUT2D eigenvalue weighted by molar-refractivity contribution is -0.137. The van der Waals surface area contributed by atoms with Gasteiger partial charge in [0.1, 0.15) is 5.82 Å². The number of hydrogen-bond acceptors (Lipinski definition) is 3. The Labute approximate surface area is 120 Å². The first-order chi connectivity index (χ1) is 9.94. The zero-order valence-electron chi connectivity index (χ0n) is 11.4. The molecule has 0 aromatic carbocycles. The molecule has 3 heterocycles. The molecule has 0 aliphatic carbocycles. The number of nitrogens with zero attached hydrogens (tertiary/aromatic N) is 2. The summed E-state index contributed by atoms with van der Waals surface area (Å²) >= 11 is 0. The van der Waals surface area contributed by atoms with Crippen LogP contribution in [0.15, 0.2) is 18.3 Å². The summed E-state index contributed by atoms with van der Waals surface area (Å²) in [5.74, 6) is -0.474. The molecule has 0 bridgehead atoms. The van der Waals surface area contributed by atoms with Gasteiger partial charge in [0, 0.05) is 12.7 Å². The van der Waals surface area contributed by atoms with Gasteiger partial charge in [0.2, 0.25) is 5.91 Å². The van der Waals surface area contributed by atoms with Crippen LogP contribution in [0, 0.1) is 5.41 Å². The first kappa shape index (κ1) is 14.3. The van der Waals surface area contributed by atoms with Crippen molar-refractivity contribution in [2.75, 3.05) is 24.5 Å². The van der Waals surface area contributed by atoms with E-state index >= 15 is 0 Å². The van der Waals surface area contributed by atoms with Crippen LogP contribution in [-0.4, -0.2) is 30.5 Å². The maximum Gasteiger partial charge on any atom is 0.419 e. The first-order valence-electron chi connectivity index (χ1n) is 6.99. The van der Waals surface area contributed by atoms with Gasteiger partial charge in [-0.25, -0.2) is 4.98 Å². The minimum atomic E-state index is -4.51. The molecular formula is C14H16F3N3O. The SMILES string of the molecule is O=C1N(c2ncccc2C(F)(F)F)CCC12CCNCC2. The second kappa shape index (κ2) is 4.98. The highest BCUT2D eigenvalue weighted by Gasteiger charge is 2.49. The second-order valence-corrected chi connectivity index (χ2v) is 5.61. The summed E-state index contributed by atoms with van der Waals surface area (Å²) in [5.41, 5.74) is -1.35. The Morgan fingerprint density at radius 1 is 1.24 bits per heavy atom. The maximum absolute atomic E-state index is 13.1. The van der Waals surface area contributed by atoms with Crippen LogP contribution in [0.2, 0.25) is 0 Å². The highest BCUT2D eigenvalue weighted by molar-refractivity contribution is 5.99. The van der Waals surface area contributed by atoms with E-state index in [0.717, 1.165) is 19.2 Å². The largest absolute Gasteiger partial charge is 0.419 e. The number of aromatic nitrogens is 1. The van der Waals surface area contributed by atoms with Crippen LogP contribution in [0.1, 0.15) is 24.8 Å². The third kappa shape index (κ3) is 2.39. The lowest BCUT2D eigenvalue weighted by Gasteiger charge is -2.32. The van der Waals surface area contributed by atoms with Crippen molar-refractivity contribution >= 4 is 11.7 Å². The summed E-state index contributed by atoms with van der Waals surface area (Å²) < 4.78 is 39.2. The summed E-state index contributed by atoms with van der Waals surface area (Å²) in [7, 11) is 0. The van der Waals surface area contributed by atoms with Crippen molar-refractivity contribution < 1.29 is 18.0 Å². The van der Waals surface area contributed by atoms with Crippen LogP contribution in [-0.2, 0) is 11.0 Å². The van der Waals surface area contributed by atoms with E-state index < -0.39 is 17.2 Å². The van der Waals surface area contributed by atoms with Crippen molar-refractivity contribution in [3.05, 3.63) is 23.9 Å². The van der Waals surface area contributed by atoms with Crippen molar-refractivity contribution in [1.29, 1.82) is 0 Å². The van der Waals surface area contributed by atoms with Gasteiger partial charge in [-0.3, -0.25) is 9.69 Å². The van der Waals surface area contributed by atoms with Gasteiger partial charge in [-0.05, 0) is 44.5 Å². The summed E-state index contributed by atoms with van der Waals surface area (Å²) in [4.78, 5) is 17.7. The smallest absolute Gasteiger partial charge is 0.317 e. The van der Waals surface area contributed by atoms with Gasteiger partial charge >= 0.3 is 6.18 Å². The van der Waals surface area contributed by atoms with Crippen LogP contribution in [0.25, 0.3) is 0 Å². The van der Waals surface area contributed by atoms with Crippen molar-refractivity contribution in [3.8, 4) is 0 Å². The molecule has 0 atom stereocenters. The molecule has 2 saturated heterocycles. The molecule has 4 nitrogen and oxygen atoms in total. The molecule has 114 valence electrons. The van der Waals surface area contributed by atoms with Gasteiger partial charge in [0.25, 0.3) is 0 Å². The van der Waals surface area contributed by atoms with Crippen molar-refractivity contribution in [2.45, 2.75) is 25.4 Å². The Hall–Kier alpha value is -1.63. The zero-order valence-corrected chi connectivity index (χ0v) is 11.4. The number of anilines is 1. The van der Waals surface area contributed by atoms with E-state index in [1.807, 2.05) is 0 Å². The summed E-state index contributed by atoms with van der Waals surface area (Å²) in [6.45, 7) is 1.76. The number of halogens is 3. The van der Waals surface area contributed by atoms with E-state index in [4.69, 9.17) is 0 Å². The quantitative estimate of drug-likeness (QED) is 0.865. The van der Waals surface area contributed by atoms with Gasteiger partial charge in [0.15, 0.2) is 0 Å². The van der Waals surface area contributed by atoms with Crippen LogP contribution in [0.5, 0.6) is 0 Å². The van der Waals surface area contributed by atoms with Crippen molar-refractivity contribution in [2.24, 2.45) is 5.41 Å². The third-order valence-electron chi connectivity index (χ3n) is 4.42. The number of nitrogens with one attached hydrogen (secondary N) is 1. The van der Waals surface area contributed by atoms with Gasteiger partial charge in [-0.2, -0.15) is 13.2 Å². The Morgan fingerprint density at radius 3 is 2.62 bits per heavy atom. The summed E-state index contributed by atoms with van der Waals surface area (Å²) in [6, 6.07) is 2.22. The normalized spacial score (nSPS) is 22.0. The van der Waals surface area contributed by atoms with Gasteiger partial charge < -0.3 is 5.32 Å². The van der Waals surface area contributed by atoms with E-state index in [2.05, 4.69) is 10.3 Å². The van der Waals surface area contributed by atoms with Crippen molar-refractivity contribution in [1.82, 2.24) is 10.3 Å². The molecule has 2 aliphatic rings. The lowest BCUT2D eigenvalue weighted by atomic mass is 9.78. The number of rotatable bonds is 1. The predicted octanol–water partition coefficient (Wildman–Crippen LogP) is 2.21. The number of pyridine rings is 1. The number of carbonyl (C=O) groups excluding carboxylic acids is 1. The molecule has 1 spiro atoms. The molecule has 0 unspecified atom stereocenters. The third-order valence-corrected chi connectivity index (χ3v) is 4.42. The molecule has 1 amide bonds. The highest BCUT2D eigenvalue weighted by atomic mass is 19.4. The zero-order chi connectivity index (χ0) is 15.1. The van der Waals surface area contributed by atoms with Gasteiger partial charge in [0.05, 0.1) is 11.0 Å². The number of alkyl halides is 3. The number of hydrogen-bond donors (Lipinski definition) is 1. The number of carbonyl (C=O) groups is 1. The molecule has 21 heavy (non-hydrogen) atoms. The van der Waals surface area contributed by atoms with Gasteiger partial charge in [-0.1, -0.05) is 0 Å². The summed E-state index contributed by atoms with van der Waals surface area (Å²) in [5, 5.41) is 3.18. The minimum absolute atomic E-state index is 0.215. The average Bonchev–Trinajstić information content (AvgIpc) is 2.76. The molecule has 1 aromatic heterocycles. The standard InChI is InChI=1S/C14H16F3N3O/c15-14(16,17)10-2-1-6-19-11(10)20-9-5-13(12(20)21)3-7-18-8-4-13/h1-2,6,18H,3-5,7-9H2. The molecular weight excluding hydrogens is 283 g/mol. The van der Waals surface area contributed by atoms with E-state index in [9.17, 15) is 18.0 Å². The molecule has 2 aliphatic heterocycles. The highest BCUT2D eigenvalue weighted by Crippen LogP contribution is 2.44. The average molecular weight is 299 g/mol. The molecule has 2 fully saturated rings. The fourth-order valence-electron chi connectivity index (χ4n) is 3.23. The Bertz CT molecular complexity index is 553. The number of amides is 1. The number of piperidine rings is 1. The Morgan fingerprint density at radius 2 is 1.95 bits per heavy atom. The monoisotopic (exact) mass is 299 g/mol. The minimum Gasteiger partial charge on any atom is -0.317 e. The Balaban J connectivity index is 1.94. The Kier molecular flexibility index (Phi) is 3.39. The fourth-order valence-corrected chi connectivity index (χ4v) is 3.23. The van der Waals surface area contributed by atoms with E-state index in [0.29, 0.717) is 25.8 Å². The topological polar surface area (TPSA) is 45.2 Å². The van der Waals surface area contributed by atoms with E-state index in [1.54, 1.807) is 0 Å². The van der Waals surface area contributed by atoms with E-state index in [-0.39, 0.29) is 11.7 Å². The van der Waals surface area contributed by atoms with Crippen LogP contribution in [0.4, 0.5) is 19.0 Å². The maximum atomic E-state index is 13.1. The first-order valence-corrected chi connectivity index (χ1v) is 6.99. The molecule has 0 radical (unpaired) electrons. The molecule has 1 N–H and O–H groups in total. The molecule has 0 saturated carbocycles. The van der Waals surface area contributed by atoms with E-state index in [1.165, 1.54) is 17.2 Å². The fraction of sp³-hybridized carbons (Fsp3) is 0.571. The summed E-state index contributed by atoms with van der Waals surface area (Å²) in [6.07, 6.45) is -1.26. The van der Waals surface area contributed by atoms with Crippen molar-refractivity contribution in [3.63, 3.8) is 0 Å². The van der Waals surface area contributed by atoms with Gasteiger partial charge in [-0.15, -0.1) is 0 Å². The lowest BCUT2D eigenvalue weighted by Crippen LogP contribution is -2.43. The second-order valence-electron chi connectivity index (χ2n) is 5.61. The van der Waals surface area contributed by atoms with Crippen LogP contribution >= 0.6 is 0 Å². The predicted molar refractivity (Wildman–Crippen MR) is 70.7 cm³/mol.